The number of aliphatic hydroxyl groups excluding tert-OH is 1. The zero-order valence-corrected chi connectivity index (χ0v) is 20.3. The van der Waals surface area contributed by atoms with Crippen molar-refractivity contribution >= 4 is 30.2 Å². The van der Waals surface area contributed by atoms with Gasteiger partial charge in [-0.3, -0.25) is 14.6 Å². The van der Waals surface area contributed by atoms with Crippen molar-refractivity contribution in [2.24, 2.45) is 21.6 Å². The Labute approximate surface area is 201 Å². The third kappa shape index (κ3) is 7.54. The molecule has 7 heteroatoms. The van der Waals surface area contributed by atoms with Gasteiger partial charge >= 0.3 is 0 Å². The summed E-state index contributed by atoms with van der Waals surface area (Å²) in [7, 11) is 2.21. The summed E-state index contributed by atoms with van der Waals surface area (Å²) >= 11 is 1.63. The zero-order valence-electron chi connectivity index (χ0n) is 19.5. The van der Waals surface area contributed by atoms with Gasteiger partial charge in [0.1, 0.15) is 0 Å². The van der Waals surface area contributed by atoms with E-state index < -0.39 is 0 Å². The molecule has 6 nitrogen and oxygen atoms in total. The van der Waals surface area contributed by atoms with E-state index in [2.05, 4.69) is 63.1 Å². The molecule has 1 aliphatic heterocycles. The molecule has 0 amide bonds. The minimum atomic E-state index is 0.222. The molecule has 2 atom stereocenters. The number of nitrogens with zero attached hydrogens (tertiary/aromatic N) is 3. The van der Waals surface area contributed by atoms with E-state index in [1.165, 1.54) is 17.5 Å². The SMILES string of the molecule is C/C(=C/C=Nc1ccc(SNCCC(CCO)C2c3ccccc3CCN2C)cc1)N=CN. The van der Waals surface area contributed by atoms with Crippen LogP contribution in [0.3, 0.4) is 0 Å². The van der Waals surface area contributed by atoms with E-state index in [0.29, 0.717) is 12.0 Å². The van der Waals surface area contributed by atoms with Crippen molar-refractivity contribution in [3.63, 3.8) is 0 Å². The highest BCUT2D eigenvalue weighted by Crippen LogP contribution is 2.37. The van der Waals surface area contributed by atoms with Gasteiger partial charge in [0.15, 0.2) is 0 Å². The fourth-order valence-electron chi connectivity index (χ4n) is 4.33. The van der Waals surface area contributed by atoms with E-state index in [-0.39, 0.29) is 6.61 Å². The van der Waals surface area contributed by atoms with Gasteiger partial charge in [-0.25, -0.2) is 4.99 Å². The molecule has 3 rings (SSSR count). The maximum Gasteiger partial charge on any atom is 0.0856 e. The number of nitrogens with two attached hydrogens (primary N) is 1. The van der Waals surface area contributed by atoms with Gasteiger partial charge in [-0.05, 0) is 92.6 Å². The first-order valence-electron chi connectivity index (χ1n) is 11.5. The van der Waals surface area contributed by atoms with Crippen LogP contribution in [-0.2, 0) is 6.42 Å². The Bertz CT molecular complexity index is 957. The molecule has 0 saturated carbocycles. The number of benzene rings is 2. The fourth-order valence-corrected chi connectivity index (χ4v) is 4.99. The van der Waals surface area contributed by atoms with Gasteiger partial charge in [0.05, 0.1) is 12.0 Å². The second kappa shape index (κ2) is 13.3. The van der Waals surface area contributed by atoms with Crippen LogP contribution in [0.25, 0.3) is 0 Å². The van der Waals surface area contributed by atoms with E-state index >= 15 is 0 Å². The second-order valence-corrected chi connectivity index (χ2v) is 9.25. The lowest BCUT2D eigenvalue weighted by Gasteiger charge is -2.39. The van der Waals surface area contributed by atoms with Crippen molar-refractivity contribution in [1.29, 1.82) is 0 Å². The number of hydrogen-bond acceptors (Lipinski definition) is 6. The minimum Gasteiger partial charge on any atom is -0.396 e. The third-order valence-corrected chi connectivity index (χ3v) is 6.85. The molecule has 0 spiro atoms. The summed E-state index contributed by atoms with van der Waals surface area (Å²) in [6.07, 6.45) is 7.74. The molecular formula is C26H35N5OS. The quantitative estimate of drug-likeness (QED) is 0.197. The molecule has 33 heavy (non-hydrogen) atoms. The third-order valence-electron chi connectivity index (χ3n) is 5.99. The molecule has 4 N–H and O–H groups in total. The number of fused-ring (bicyclic) bond motifs is 1. The summed E-state index contributed by atoms with van der Waals surface area (Å²) < 4.78 is 3.50. The van der Waals surface area contributed by atoms with E-state index in [1.807, 2.05) is 25.1 Å². The predicted octanol–water partition coefficient (Wildman–Crippen LogP) is 4.49. The van der Waals surface area contributed by atoms with E-state index in [4.69, 9.17) is 5.73 Å². The fraction of sp³-hybridized carbons (Fsp3) is 0.385. The van der Waals surface area contributed by atoms with Crippen molar-refractivity contribution in [3.8, 4) is 0 Å². The molecule has 1 aliphatic rings. The van der Waals surface area contributed by atoms with Crippen molar-refractivity contribution in [2.75, 3.05) is 26.7 Å². The number of allylic oxidation sites excluding steroid dienone is 2. The molecule has 2 aromatic carbocycles. The van der Waals surface area contributed by atoms with Crippen LogP contribution in [0.4, 0.5) is 5.69 Å². The molecule has 0 fully saturated rings. The lowest BCUT2D eigenvalue weighted by atomic mass is 9.82. The first kappa shape index (κ1) is 25.2. The summed E-state index contributed by atoms with van der Waals surface area (Å²) in [6.45, 7) is 4.04. The predicted molar refractivity (Wildman–Crippen MR) is 140 cm³/mol. The Morgan fingerprint density at radius 3 is 2.79 bits per heavy atom. The van der Waals surface area contributed by atoms with E-state index in [0.717, 1.165) is 48.6 Å². The Morgan fingerprint density at radius 2 is 2.03 bits per heavy atom. The second-order valence-electron chi connectivity index (χ2n) is 8.29. The van der Waals surface area contributed by atoms with Crippen LogP contribution in [0.5, 0.6) is 0 Å². The summed E-state index contributed by atoms with van der Waals surface area (Å²) in [5.41, 5.74) is 9.85. The average molecular weight is 466 g/mol. The highest BCUT2D eigenvalue weighted by Gasteiger charge is 2.30. The minimum absolute atomic E-state index is 0.222. The average Bonchev–Trinajstić information content (AvgIpc) is 2.82. The summed E-state index contributed by atoms with van der Waals surface area (Å²) in [5.74, 6) is 0.409. The molecule has 0 aromatic heterocycles. The van der Waals surface area contributed by atoms with Gasteiger partial charge in [-0.1, -0.05) is 24.3 Å². The van der Waals surface area contributed by atoms with Crippen LogP contribution in [0, 0.1) is 5.92 Å². The summed E-state index contributed by atoms with van der Waals surface area (Å²) in [4.78, 5) is 12.0. The molecule has 0 radical (unpaired) electrons. The molecule has 2 unspecified atom stereocenters. The van der Waals surface area contributed by atoms with Crippen LogP contribution >= 0.6 is 11.9 Å². The Balaban J connectivity index is 1.52. The zero-order chi connectivity index (χ0) is 23.5. The highest BCUT2D eigenvalue weighted by molar-refractivity contribution is 7.97. The van der Waals surface area contributed by atoms with Crippen molar-refractivity contribution < 1.29 is 5.11 Å². The smallest absolute Gasteiger partial charge is 0.0856 e. The van der Waals surface area contributed by atoms with Gasteiger partial charge in [-0.2, -0.15) is 0 Å². The molecule has 2 aromatic rings. The van der Waals surface area contributed by atoms with Gasteiger partial charge in [-0.15, -0.1) is 0 Å². The maximum atomic E-state index is 9.71. The summed E-state index contributed by atoms with van der Waals surface area (Å²) in [6, 6.07) is 17.3. The number of aliphatic imine (C=N–C) groups is 2. The topological polar surface area (TPSA) is 86.2 Å². The molecule has 1 heterocycles. The van der Waals surface area contributed by atoms with Crippen LogP contribution in [0.1, 0.15) is 36.9 Å². The van der Waals surface area contributed by atoms with Crippen LogP contribution in [0.2, 0.25) is 0 Å². The van der Waals surface area contributed by atoms with Crippen LogP contribution in [-0.4, -0.2) is 49.3 Å². The highest BCUT2D eigenvalue weighted by atomic mass is 32.2. The van der Waals surface area contributed by atoms with E-state index in [9.17, 15) is 5.11 Å². The molecule has 0 saturated heterocycles. The normalized spacial score (nSPS) is 18.2. The van der Waals surface area contributed by atoms with Crippen molar-refractivity contribution in [1.82, 2.24) is 9.62 Å². The Kier molecular flexibility index (Phi) is 10.2. The van der Waals surface area contributed by atoms with Crippen molar-refractivity contribution in [2.45, 2.75) is 37.1 Å². The van der Waals surface area contributed by atoms with E-state index in [1.54, 1.807) is 18.2 Å². The largest absolute Gasteiger partial charge is 0.396 e. The molecule has 0 bridgehead atoms. The number of hydrogen-bond donors (Lipinski definition) is 3. The van der Waals surface area contributed by atoms with Crippen LogP contribution in [0.15, 0.2) is 75.2 Å². The Hall–Kier alpha value is -2.45. The first-order chi connectivity index (χ1) is 16.1. The molecule has 0 aliphatic carbocycles. The van der Waals surface area contributed by atoms with Gasteiger partial charge in [0.25, 0.3) is 0 Å². The standard InChI is InChI=1S/C26H35N5OS/c1-20(29-19-27)11-15-28-23-7-9-24(10-8-23)33-30-16-12-22(14-18-32)26-25-6-4-3-5-21(25)13-17-31(26)2/h3-11,15,19,22,26,30,32H,12-14,16-18H2,1-2H3,(H2,27,29)/b20-11-,28-15?. The summed E-state index contributed by atoms with van der Waals surface area (Å²) in [5, 5.41) is 9.71. The number of aliphatic hydroxyl groups is 1. The molecule has 176 valence electrons. The van der Waals surface area contributed by atoms with Gasteiger partial charge in [0.2, 0.25) is 0 Å². The monoisotopic (exact) mass is 465 g/mol. The number of rotatable bonds is 11. The van der Waals surface area contributed by atoms with Gasteiger partial charge in [0, 0.05) is 42.5 Å². The maximum absolute atomic E-state index is 9.71. The van der Waals surface area contributed by atoms with Crippen LogP contribution < -0.4 is 10.5 Å². The number of likely N-dealkylation sites (N-methyl/N-ethyl adjacent to an activating group) is 1. The first-order valence-corrected chi connectivity index (χ1v) is 12.3. The van der Waals surface area contributed by atoms with Gasteiger partial charge < -0.3 is 10.8 Å². The van der Waals surface area contributed by atoms with Crippen molar-refractivity contribution in [3.05, 3.63) is 71.4 Å². The lowest BCUT2D eigenvalue weighted by molar-refractivity contribution is 0.131. The molecular weight excluding hydrogens is 430 g/mol. The number of nitrogens with one attached hydrogen (secondary N) is 1. The lowest BCUT2D eigenvalue weighted by Crippen LogP contribution is -2.37. The Morgan fingerprint density at radius 1 is 1.24 bits per heavy atom.